The summed E-state index contributed by atoms with van der Waals surface area (Å²) in [6, 6.07) is 17.1. The topological polar surface area (TPSA) is 73.3 Å². The highest BCUT2D eigenvalue weighted by atomic mass is 32.2. The Kier molecular flexibility index (Phi) is 7.08. The van der Waals surface area contributed by atoms with Crippen molar-refractivity contribution in [2.45, 2.75) is 18.4 Å². The molecule has 7 heteroatoms. The summed E-state index contributed by atoms with van der Waals surface area (Å²) >= 11 is 1.34. The van der Waals surface area contributed by atoms with Crippen LogP contribution in [0.4, 0.5) is 5.69 Å². The third-order valence-electron chi connectivity index (χ3n) is 4.32. The number of benzene rings is 2. The van der Waals surface area contributed by atoms with Crippen molar-refractivity contribution in [3.05, 3.63) is 60.2 Å². The maximum absolute atomic E-state index is 12.2. The first kappa shape index (κ1) is 20.7. The SMILES string of the molecule is CCc1ccc(NC(=O)CSc2ccc(-c3cc(OC)ccc3OC)nn2)cc1. The maximum atomic E-state index is 12.2. The molecule has 2 aromatic carbocycles. The van der Waals surface area contributed by atoms with Crippen molar-refractivity contribution in [2.75, 3.05) is 25.3 Å². The van der Waals surface area contributed by atoms with E-state index in [4.69, 9.17) is 9.47 Å². The second-order valence-electron chi connectivity index (χ2n) is 6.21. The number of thioether (sulfide) groups is 1. The molecule has 0 radical (unpaired) electrons. The first-order valence-corrected chi connectivity index (χ1v) is 10.2. The van der Waals surface area contributed by atoms with E-state index < -0.39 is 0 Å². The predicted octanol–water partition coefficient (Wildman–Crippen LogP) is 4.45. The Bertz CT molecular complexity index is 960. The lowest BCUT2D eigenvalue weighted by Gasteiger charge is -2.10. The summed E-state index contributed by atoms with van der Waals surface area (Å²) in [6.45, 7) is 2.10. The monoisotopic (exact) mass is 409 g/mol. The van der Waals surface area contributed by atoms with Gasteiger partial charge in [0.25, 0.3) is 0 Å². The molecule has 0 fully saturated rings. The lowest BCUT2D eigenvalue weighted by atomic mass is 10.1. The number of anilines is 1. The largest absolute Gasteiger partial charge is 0.497 e. The van der Waals surface area contributed by atoms with Gasteiger partial charge in [0.2, 0.25) is 5.91 Å². The molecule has 0 aliphatic rings. The highest BCUT2D eigenvalue weighted by Crippen LogP contribution is 2.32. The minimum atomic E-state index is -0.0837. The van der Waals surface area contributed by atoms with Gasteiger partial charge in [0.05, 0.1) is 25.7 Å². The molecule has 1 N–H and O–H groups in total. The predicted molar refractivity (Wildman–Crippen MR) is 116 cm³/mol. The molecule has 3 aromatic rings. The molecule has 29 heavy (non-hydrogen) atoms. The minimum Gasteiger partial charge on any atom is -0.497 e. The lowest BCUT2D eigenvalue weighted by molar-refractivity contribution is -0.113. The molecule has 0 unspecified atom stereocenters. The van der Waals surface area contributed by atoms with E-state index in [9.17, 15) is 4.79 Å². The number of aromatic nitrogens is 2. The van der Waals surface area contributed by atoms with Crippen LogP contribution in [0.15, 0.2) is 59.6 Å². The first-order valence-electron chi connectivity index (χ1n) is 9.20. The Morgan fingerprint density at radius 2 is 1.79 bits per heavy atom. The van der Waals surface area contributed by atoms with Gasteiger partial charge in [-0.15, -0.1) is 10.2 Å². The Balaban J connectivity index is 1.61. The van der Waals surface area contributed by atoms with Crippen LogP contribution in [-0.2, 0) is 11.2 Å². The molecule has 3 rings (SSSR count). The van der Waals surface area contributed by atoms with Gasteiger partial charge in [-0.25, -0.2) is 0 Å². The zero-order valence-corrected chi connectivity index (χ0v) is 17.5. The number of rotatable bonds is 8. The molecule has 0 saturated carbocycles. The molecule has 1 amide bonds. The van der Waals surface area contributed by atoms with Crippen LogP contribution in [0.5, 0.6) is 11.5 Å². The van der Waals surface area contributed by atoms with Crippen molar-refractivity contribution < 1.29 is 14.3 Å². The number of nitrogens with zero attached hydrogens (tertiary/aromatic N) is 2. The van der Waals surface area contributed by atoms with Crippen molar-refractivity contribution in [1.29, 1.82) is 0 Å². The van der Waals surface area contributed by atoms with E-state index in [0.29, 0.717) is 22.2 Å². The van der Waals surface area contributed by atoms with Gasteiger partial charge in [-0.05, 0) is 54.4 Å². The van der Waals surface area contributed by atoms with Gasteiger partial charge in [-0.3, -0.25) is 4.79 Å². The first-order chi connectivity index (χ1) is 14.1. The number of methoxy groups -OCH3 is 2. The summed E-state index contributed by atoms with van der Waals surface area (Å²) in [6.07, 6.45) is 0.973. The normalized spacial score (nSPS) is 10.4. The molecule has 1 heterocycles. The number of hydrogen-bond acceptors (Lipinski definition) is 6. The Labute approximate surface area is 174 Å². The minimum absolute atomic E-state index is 0.0837. The van der Waals surface area contributed by atoms with Gasteiger partial charge in [0.1, 0.15) is 16.5 Å². The second kappa shape index (κ2) is 9.93. The maximum Gasteiger partial charge on any atom is 0.234 e. The fraction of sp³-hybridized carbons (Fsp3) is 0.227. The van der Waals surface area contributed by atoms with Crippen LogP contribution >= 0.6 is 11.8 Å². The zero-order valence-electron chi connectivity index (χ0n) is 16.6. The van der Waals surface area contributed by atoms with Gasteiger partial charge >= 0.3 is 0 Å². The average Bonchev–Trinajstić information content (AvgIpc) is 2.78. The van der Waals surface area contributed by atoms with E-state index in [1.165, 1.54) is 17.3 Å². The number of amides is 1. The lowest BCUT2D eigenvalue weighted by Crippen LogP contribution is -2.14. The van der Waals surface area contributed by atoms with E-state index in [1.54, 1.807) is 14.2 Å². The van der Waals surface area contributed by atoms with E-state index in [1.807, 2.05) is 54.6 Å². The van der Waals surface area contributed by atoms with Gasteiger partial charge in [0, 0.05) is 11.3 Å². The molecule has 0 aliphatic heterocycles. The molecule has 1 aromatic heterocycles. The molecule has 0 atom stereocenters. The Morgan fingerprint density at radius 1 is 1.00 bits per heavy atom. The number of carbonyl (C=O) groups is 1. The van der Waals surface area contributed by atoms with Crippen molar-refractivity contribution in [1.82, 2.24) is 10.2 Å². The summed E-state index contributed by atoms with van der Waals surface area (Å²) < 4.78 is 10.7. The summed E-state index contributed by atoms with van der Waals surface area (Å²) in [7, 11) is 3.22. The molecule has 6 nitrogen and oxygen atoms in total. The number of carbonyl (C=O) groups excluding carboxylic acids is 1. The number of aryl methyl sites for hydroxylation is 1. The fourth-order valence-electron chi connectivity index (χ4n) is 2.72. The van der Waals surface area contributed by atoms with Crippen molar-refractivity contribution in [3.8, 4) is 22.8 Å². The van der Waals surface area contributed by atoms with Gasteiger partial charge in [-0.2, -0.15) is 0 Å². The van der Waals surface area contributed by atoms with Gasteiger partial charge in [-0.1, -0.05) is 30.8 Å². The standard InChI is InChI=1S/C22H23N3O3S/c1-4-15-5-7-16(8-6-15)23-21(26)14-29-22-12-10-19(24-25-22)18-13-17(27-2)9-11-20(18)28-3/h5-13H,4,14H2,1-3H3,(H,23,26). The molecular formula is C22H23N3O3S. The van der Waals surface area contributed by atoms with Crippen LogP contribution in [0.2, 0.25) is 0 Å². The van der Waals surface area contributed by atoms with Crippen LogP contribution in [-0.4, -0.2) is 36.1 Å². The third kappa shape index (κ3) is 5.48. The molecule has 0 saturated heterocycles. The zero-order chi connectivity index (χ0) is 20.6. The number of ether oxygens (including phenoxy) is 2. The van der Waals surface area contributed by atoms with Gasteiger partial charge < -0.3 is 14.8 Å². The van der Waals surface area contributed by atoms with Crippen LogP contribution in [0.3, 0.4) is 0 Å². The summed E-state index contributed by atoms with van der Waals surface area (Å²) in [4.78, 5) is 12.2. The molecule has 0 bridgehead atoms. The van der Waals surface area contributed by atoms with Crippen LogP contribution < -0.4 is 14.8 Å². The fourth-order valence-corrected chi connectivity index (χ4v) is 3.33. The highest BCUT2D eigenvalue weighted by Gasteiger charge is 2.11. The summed E-state index contributed by atoms with van der Waals surface area (Å²) in [5.74, 6) is 1.57. The van der Waals surface area contributed by atoms with E-state index in [0.717, 1.165) is 17.7 Å². The summed E-state index contributed by atoms with van der Waals surface area (Å²) in [5, 5.41) is 12.1. The summed E-state index contributed by atoms with van der Waals surface area (Å²) in [5.41, 5.74) is 3.49. The second-order valence-corrected chi connectivity index (χ2v) is 7.21. The van der Waals surface area contributed by atoms with E-state index in [2.05, 4.69) is 22.4 Å². The van der Waals surface area contributed by atoms with E-state index in [-0.39, 0.29) is 11.7 Å². The van der Waals surface area contributed by atoms with Crippen molar-refractivity contribution in [3.63, 3.8) is 0 Å². The molecule has 150 valence electrons. The van der Waals surface area contributed by atoms with Crippen LogP contribution in [0.1, 0.15) is 12.5 Å². The number of hydrogen-bond donors (Lipinski definition) is 1. The number of nitrogens with one attached hydrogen (secondary N) is 1. The molecule has 0 aliphatic carbocycles. The highest BCUT2D eigenvalue weighted by molar-refractivity contribution is 7.99. The quantitative estimate of drug-likeness (QED) is 0.554. The molecular weight excluding hydrogens is 386 g/mol. The van der Waals surface area contributed by atoms with E-state index >= 15 is 0 Å². The van der Waals surface area contributed by atoms with Crippen LogP contribution in [0, 0.1) is 0 Å². The molecule has 0 spiro atoms. The average molecular weight is 410 g/mol. The van der Waals surface area contributed by atoms with Crippen LogP contribution in [0.25, 0.3) is 11.3 Å². The van der Waals surface area contributed by atoms with Gasteiger partial charge in [0.15, 0.2) is 0 Å². The Morgan fingerprint density at radius 3 is 2.41 bits per heavy atom. The Hall–Kier alpha value is -3.06. The van der Waals surface area contributed by atoms with Crippen molar-refractivity contribution in [2.24, 2.45) is 0 Å². The van der Waals surface area contributed by atoms with Crippen molar-refractivity contribution >= 4 is 23.4 Å². The third-order valence-corrected chi connectivity index (χ3v) is 5.24. The smallest absolute Gasteiger partial charge is 0.234 e.